The highest BCUT2D eigenvalue weighted by molar-refractivity contribution is 9.10. The van der Waals surface area contributed by atoms with Crippen LogP contribution in [0.25, 0.3) is 0 Å². The number of rotatable bonds is 3. The van der Waals surface area contributed by atoms with Gasteiger partial charge in [0.15, 0.2) is 11.9 Å². The van der Waals surface area contributed by atoms with Crippen LogP contribution in [0.4, 0.5) is 0 Å². The Labute approximate surface area is 101 Å². The molecule has 0 amide bonds. The van der Waals surface area contributed by atoms with Crippen molar-refractivity contribution in [2.75, 3.05) is 6.61 Å². The minimum absolute atomic E-state index is 0.138. The van der Waals surface area contributed by atoms with Gasteiger partial charge in [-0.2, -0.15) is 0 Å². The predicted molar refractivity (Wildman–Crippen MR) is 62.7 cm³/mol. The number of benzene rings is 1. The fraction of sp³-hybridized carbons (Fsp3) is 0.273. The van der Waals surface area contributed by atoms with Crippen molar-refractivity contribution >= 4 is 27.8 Å². The first-order chi connectivity index (χ1) is 7.65. The molecular weight excluding hydrogens is 274 g/mol. The molecule has 1 N–H and O–H groups in total. The molecule has 0 saturated carbocycles. The normalized spacial score (nSPS) is 19.1. The molecule has 1 aromatic carbocycles. The standard InChI is InChI=1S/C11H10BrNO3/c12-8-3-1-2-7(4-8)5-10-13-9(6-16-10)11(14)15/h1-4,9H,5-6H2,(H,14,15). The van der Waals surface area contributed by atoms with Crippen molar-refractivity contribution in [1.82, 2.24) is 0 Å². The van der Waals surface area contributed by atoms with Gasteiger partial charge in [0.2, 0.25) is 0 Å². The average molecular weight is 284 g/mol. The monoisotopic (exact) mass is 283 g/mol. The van der Waals surface area contributed by atoms with Crippen LogP contribution in [-0.4, -0.2) is 29.6 Å². The van der Waals surface area contributed by atoms with Crippen LogP contribution in [0.2, 0.25) is 0 Å². The fourth-order valence-corrected chi connectivity index (χ4v) is 1.91. The molecule has 0 aliphatic carbocycles. The number of aliphatic imine (C=N–C) groups is 1. The van der Waals surface area contributed by atoms with E-state index in [1.807, 2.05) is 24.3 Å². The summed E-state index contributed by atoms with van der Waals surface area (Å²) in [5.74, 6) is -0.449. The van der Waals surface area contributed by atoms with Crippen molar-refractivity contribution in [1.29, 1.82) is 0 Å². The third kappa shape index (κ3) is 2.61. The summed E-state index contributed by atoms with van der Waals surface area (Å²) in [6.45, 7) is 0.138. The molecule has 0 bridgehead atoms. The van der Waals surface area contributed by atoms with Crippen LogP contribution in [0.5, 0.6) is 0 Å². The maximum absolute atomic E-state index is 10.7. The van der Waals surface area contributed by atoms with Gasteiger partial charge in [0.25, 0.3) is 0 Å². The van der Waals surface area contributed by atoms with Gasteiger partial charge in [-0.3, -0.25) is 0 Å². The Balaban J connectivity index is 2.06. The zero-order chi connectivity index (χ0) is 11.5. The van der Waals surface area contributed by atoms with Crippen LogP contribution >= 0.6 is 15.9 Å². The Bertz CT molecular complexity index is 445. The topological polar surface area (TPSA) is 58.9 Å². The summed E-state index contributed by atoms with van der Waals surface area (Å²) < 4.78 is 6.21. The number of nitrogens with zero attached hydrogens (tertiary/aromatic N) is 1. The van der Waals surface area contributed by atoms with E-state index in [1.165, 1.54) is 0 Å². The summed E-state index contributed by atoms with van der Waals surface area (Å²) in [6, 6.07) is 7.01. The van der Waals surface area contributed by atoms with E-state index >= 15 is 0 Å². The molecule has 84 valence electrons. The minimum Gasteiger partial charge on any atom is -0.480 e. The molecule has 1 heterocycles. The number of hydrogen-bond acceptors (Lipinski definition) is 3. The number of carbonyl (C=O) groups is 1. The first-order valence-electron chi connectivity index (χ1n) is 4.82. The number of hydrogen-bond donors (Lipinski definition) is 1. The van der Waals surface area contributed by atoms with E-state index in [-0.39, 0.29) is 6.61 Å². The van der Waals surface area contributed by atoms with E-state index in [1.54, 1.807) is 0 Å². The highest BCUT2D eigenvalue weighted by atomic mass is 79.9. The molecule has 1 aliphatic rings. The zero-order valence-electron chi connectivity index (χ0n) is 8.39. The van der Waals surface area contributed by atoms with Gasteiger partial charge in [-0.25, -0.2) is 9.79 Å². The molecule has 2 rings (SSSR count). The Hall–Kier alpha value is -1.36. The third-order valence-corrected chi connectivity index (χ3v) is 2.73. The number of carboxylic acids is 1. The quantitative estimate of drug-likeness (QED) is 0.921. The highest BCUT2D eigenvalue weighted by Crippen LogP contribution is 2.14. The molecule has 0 aromatic heterocycles. The predicted octanol–water partition coefficient (Wildman–Crippen LogP) is 1.87. The summed E-state index contributed by atoms with van der Waals surface area (Å²) in [6.07, 6.45) is 0.531. The molecule has 1 aromatic rings. The molecule has 0 fully saturated rings. The maximum Gasteiger partial charge on any atom is 0.332 e. The number of halogens is 1. The first kappa shape index (κ1) is 11.1. The number of aliphatic carboxylic acids is 1. The van der Waals surface area contributed by atoms with Crippen molar-refractivity contribution < 1.29 is 14.6 Å². The lowest BCUT2D eigenvalue weighted by molar-refractivity contribution is -0.138. The summed E-state index contributed by atoms with van der Waals surface area (Å²) in [4.78, 5) is 14.7. The summed E-state index contributed by atoms with van der Waals surface area (Å²) in [5.41, 5.74) is 1.04. The van der Waals surface area contributed by atoms with Gasteiger partial charge < -0.3 is 9.84 Å². The van der Waals surface area contributed by atoms with Crippen molar-refractivity contribution in [2.24, 2.45) is 4.99 Å². The van der Waals surface area contributed by atoms with Gasteiger partial charge in [0, 0.05) is 10.9 Å². The highest BCUT2D eigenvalue weighted by Gasteiger charge is 2.24. The van der Waals surface area contributed by atoms with Crippen molar-refractivity contribution in [3.05, 3.63) is 34.3 Å². The van der Waals surface area contributed by atoms with Crippen molar-refractivity contribution in [3.63, 3.8) is 0 Å². The number of ether oxygens (including phenoxy) is 1. The van der Waals surface area contributed by atoms with Crippen LogP contribution in [0.3, 0.4) is 0 Å². The second kappa shape index (κ2) is 4.65. The molecule has 1 aliphatic heterocycles. The van der Waals surface area contributed by atoms with Crippen LogP contribution in [0, 0.1) is 0 Å². The van der Waals surface area contributed by atoms with Crippen LogP contribution in [-0.2, 0) is 16.0 Å². The van der Waals surface area contributed by atoms with Crippen LogP contribution < -0.4 is 0 Å². The zero-order valence-corrected chi connectivity index (χ0v) is 9.98. The molecule has 0 radical (unpaired) electrons. The second-order valence-corrected chi connectivity index (χ2v) is 4.41. The lowest BCUT2D eigenvalue weighted by atomic mass is 10.1. The van der Waals surface area contributed by atoms with E-state index < -0.39 is 12.0 Å². The lowest BCUT2D eigenvalue weighted by Gasteiger charge is -2.01. The van der Waals surface area contributed by atoms with Crippen molar-refractivity contribution in [3.8, 4) is 0 Å². The third-order valence-electron chi connectivity index (χ3n) is 2.24. The average Bonchev–Trinajstić information content (AvgIpc) is 2.66. The summed E-state index contributed by atoms with van der Waals surface area (Å²) >= 11 is 3.37. The Kier molecular flexibility index (Phi) is 3.24. The second-order valence-electron chi connectivity index (χ2n) is 3.49. The van der Waals surface area contributed by atoms with Gasteiger partial charge in [-0.1, -0.05) is 28.1 Å². The summed E-state index contributed by atoms with van der Waals surface area (Å²) in [7, 11) is 0. The van der Waals surface area contributed by atoms with Gasteiger partial charge in [0.05, 0.1) is 0 Å². The van der Waals surface area contributed by atoms with Gasteiger partial charge >= 0.3 is 5.97 Å². The van der Waals surface area contributed by atoms with E-state index in [9.17, 15) is 4.79 Å². The molecule has 4 nitrogen and oxygen atoms in total. The van der Waals surface area contributed by atoms with Gasteiger partial charge in [-0.15, -0.1) is 0 Å². The lowest BCUT2D eigenvalue weighted by Crippen LogP contribution is -2.18. The molecule has 16 heavy (non-hydrogen) atoms. The largest absolute Gasteiger partial charge is 0.480 e. The van der Waals surface area contributed by atoms with E-state index in [2.05, 4.69) is 20.9 Å². The fourth-order valence-electron chi connectivity index (χ4n) is 1.47. The maximum atomic E-state index is 10.7. The smallest absolute Gasteiger partial charge is 0.332 e. The van der Waals surface area contributed by atoms with E-state index in [0.717, 1.165) is 10.0 Å². The van der Waals surface area contributed by atoms with Gasteiger partial charge in [0.1, 0.15) is 6.61 Å². The van der Waals surface area contributed by atoms with Crippen LogP contribution in [0.15, 0.2) is 33.7 Å². The first-order valence-corrected chi connectivity index (χ1v) is 5.61. The molecule has 0 saturated heterocycles. The minimum atomic E-state index is -0.941. The van der Waals surface area contributed by atoms with Crippen LogP contribution in [0.1, 0.15) is 5.56 Å². The summed E-state index contributed by atoms with van der Waals surface area (Å²) in [5, 5.41) is 8.75. The Morgan fingerprint density at radius 2 is 2.44 bits per heavy atom. The molecule has 0 spiro atoms. The number of carboxylic acid groups (broad SMARTS) is 1. The molecular formula is C11H10BrNO3. The van der Waals surface area contributed by atoms with E-state index in [4.69, 9.17) is 9.84 Å². The SMILES string of the molecule is O=C(O)C1COC(Cc2cccc(Br)c2)=N1. The van der Waals surface area contributed by atoms with Crippen molar-refractivity contribution in [2.45, 2.75) is 12.5 Å². The van der Waals surface area contributed by atoms with E-state index in [0.29, 0.717) is 12.3 Å². The molecule has 5 heteroatoms. The molecule has 1 atom stereocenters. The molecule has 1 unspecified atom stereocenters. The van der Waals surface area contributed by atoms with Gasteiger partial charge in [-0.05, 0) is 17.7 Å². The Morgan fingerprint density at radius 3 is 3.06 bits per heavy atom. The Morgan fingerprint density at radius 1 is 1.62 bits per heavy atom.